The Morgan fingerprint density at radius 1 is 0.684 bits per heavy atom. The van der Waals surface area contributed by atoms with E-state index in [1.165, 1.54) is 21.6 Å². The fourth-order valence-corrected chi connectivity index (χ4v) is 6.06. The van der Waals surface area contributed by atoms with Crippen LogP contribution in [0.5, 0.6) is 0 Å². The summed E-state index contributed by atoms with van der Waals surface area (Å²) in [4.78, 5) is 50.8. The number of nitrogens with one attached hydrogen (secondary N) is 2. The normalized spacial score (nSPS) is 12.7. The van der Waals surface area contributed by atoms with Crippen molar-refractivity contribution in [3.8, 4) is 0 Å². The first-order valence-corrected chi connectivity index (χ1v) is 14.6. The lowest BCUT2D eigenvalue weighted by Crippen LogP contribution is -2.41. The second kappa shape index (κ2) is 14.2. The summed E-state index contributed by atoms with van der Waals surface area (Å²) in [5, 5.41) is 24.4. The van der Waals surface area contributed by atoms with Crippen molar-refractivity contribution in [2.24, 2.45) is 11.8 Å². The van der Waals surface area contributed by atoms with Gasteiger partial charge in [-0.25, -0.2) is 9.59 Å². The Morgan fingerprint density at radius 3 is 1.32 bits per heavy atom. The third kappa shape index (κ3) is 9.40. The van der Waals surface area contributed by atoms with Crippen LogP contribution in [0.15, 0.2) is 46.2 Å². The predicted molar refractivity (Wildman–Crippen MR) is 151 cm³/mol. The quantitative estimate of drug-likeness (QED) is 0.234. The summed E-state index contributed by atoms with van der Waals surface area (Å²) < 4.78 is 0. The van der Waals surface area contributed by atoms with Gasteiger partial charge in [-0.05, 0) is 62.8 Å². The molecule has 8 nitrogen and oxygen atoms in total. The monoisotopic (exact) mass is 560 g/mol. The Bertz CT molecular complexity index is 1090. The Hall–Kier alpha value is -2.98. The van der Waals surface area contributed by atoms with Crippen LogP contribution in [0.2, 0.25) is 0 Å². The molecule has 2 amide bonds. The van der Waals surface area contributed by atoms with Crippen LogP contribution in [-0.2, 0) is 9.59 Å². The second-order valence-corrected chi connectivity index (χ2v) is 12.4. The minimum absolute atomic E-state index is 0.0886. The van der Waals surface area contributed by atoms with Crippen LogP contribution >= 0.6 is 21.6 Å². The Morgan fingerprint density at radius 2 is 1.03 bits per heavy atom. The smallest absolute Gasteiger partial charge is 0.326 e. The zero-order valence-electron chi connectivity index (χ0n) is 22.5. The van der Waals surface area contributed by atoms with E-state index in [2.05, 4.69) is 10.6 Å². The average Bonchev–Trinajstić information content (AvgIpc) is 2.82. The first kappa shape index (κ1) is 31.2. The van der Waals surface area contributed by atoms with Gasteiger partial charge in [0, 0.05) is 9.79 Å². The van der Waals surface area contributed by atoms with E-state index in [1.807, 2.05) is 53.7 Å². The van der Waals surface area contributed by atoms with E-state index in [-0.39, 0.29) is 11.8 Å². The molecule has 0 saturated carbocycles. The van der Waals surface area contributed by atoms with Crippen LogP contribution in [0.25, 0.3) is 0 Å². The summed E-state index contributed by atoms with van der Waals surface area (Å²) in [6.45, 7) is 11.3. The third-order valence-corrected chi connectivity index (χ3v) is 8.08. The Balaban J connectivity index is 2.29. The summed E-state index contributed by atoms with van der Waals surface area (Å²) in [6.07, 6.45) is 0.611. The molecule has 0 aliphatic rings. The minimum Gasteiger partial charge on any atom is -0.480 e. The zero-order chi connectivity index (χ0) is 28.6. The molecule has 2 atom stereocenters. The van der Waals surface area contributed by atoms with Gasteiger partial charge in [0.05, 0.1) is 11.1 Å². The van der Waals surface area contributed by atoms with Crippen molar-refractivity contribution in [2.75, 3.05) is 0 Å². The third-order valence-electron chi connectivity index (χ3n) is 5.60. The fourth-order valence-electron chi connectivity index (χ4n) is 3.74. The topological polar surface area (TPSA) is 133 Å². The first-order chi connectivity index (χ1) is 17.8. The number of carboxylic acid groups (broad SMARTS) is 2. The van der Waals surface area contributed by atoms with Crippen molar-refractivity contribution >= 4 is 45.3 Å². The van der Waals surface area contributed by atoms with Gasteiger partial charge < -0.3 is 20.8 Å². The SMILES string of the molecule is Cc1ccc(SSc2ccc(C)cc2C(=O)N[C@@H](CC(C)C)C(=O)O)c(C(=O)N[C@@H](CC(C)C)C(=O)O)c1. The highest BCUT2D eigenvalue weighted by Gasteiger charge is 2.25. The van der Waals surface area contributed by atoms with Crippen LogP contribution in [-0.4, -0.2) is 46.0 Å². The number of benzene rings is 2. The molecule has 2 aromatic carbocycles. The average molecular weight is 561 g/mol. The number of aryl methyl sites for hydroxylation is 2. The van der Waals surface area contributed by atoms with Gasteiger partial charge in [0.25, 0.3) is 11.8 Å². The first-order valence-electron chi connectivity index (χ1n) is 12.4. The van der Waals surface area contributed by atoms with Gasteiger partial charge in [0.2, 0.25) is 0 Å². The zero-order valence-corrected chi connectivity index (χ0v) is 24.2. The van der Waals surface area contributed by atoms with E-state index in [4.69, 9.17) is 0 Å². The predicted octanol–water partition coefficient (Wildman–Crippen LogP) is 5.56. The van der Waals surface area contributed by atoms with Crippen LogP contribution < -0.4 is 10.6 Å². The molecule has 0 aliphatic carbocycles. The largest absolute Gasteiger partial charge is 0.480 e. The lowest BCUT2D eigenvalue weighted by Gasteiger charge is -2.19. The van der Waals surface area contributed by atoms with E-state index in [9.17, 15) is 29.4 Å². The van der Waals surface area contributed by atoms with E-state index >= 15 is 0 Å². The maximum Gasteiger partial charge on any atom is 0.326 e. The number of carbonyl (C=O) groups is 4. The molecule has 206 valence electrons. The van der Waals surface area contributed by atoms with Gasteiger partial charge in [0.1, 0.15) is 12.1 Å². The second-order valence-electron chi connectivity index (χ2n) is 10.2. The van der Waals surface area contributed by atoms with Crippen molar-refractivity contribution in [1.82, 2.24) is 10.6 Å². The number of aliphatic carboxylic acids is 2. The van der Waals surface area contributed by atoms with Crippen LogP contribution in [0.3, 0.4) is 0 Å². The van der Waals surface area contributed by atoms with Crippen LogP contribution in [0, 0.1) is 25.7 Å². The van der Waals surface area contributed by atoms with E-state index in [0.29, 0.717) is 33.8 Å². The molecule has 10 heteroatoms. The van der Waals surface area contributed by atoms with Crippen molar-refractivity contribution in [3.05, 3.63) is 58.7 Å². The lowest BCUT2D eigenvalue weighted by molar-refractivity contribution is -0.140. The molecule has 2 aromatic rings. The molecule has 0 radical (unpaired) electrons. The minimum atomic E-state index is -1.09. The van der Waals surface area contributed by atoms with Gasteiger partial charge in [0.15, 0.2) is 0 Å². The molecule has 0 spiro atoms. The molecule has 0 fully saturated rings. The van der Waals surface area contributed by atoms with E-state index in [1.54, 1.807) is 24.3 Å². The number of hydrogen-bond donors (Lipinski definition) is 4. The van der Waals surface area contributed by atoms with Gasteiger partial charge in [-0.15, -0.1) is 0 Å². The Labute approximate surface area is 231 Å². The van der Waals surface area contributed by atoms with Crippen molar-refractivity contribution in [2.45, 2.75) is 76.3 Å². The number of hydrogen-bond acceptors (Lipinski definition) is 6. The summed E-state index contributed by atoms with van der Waals surface area (Å²) in [6, 6.07) is 8.69. The maximum absolute atomic E-state index is 13.1. The molecule has 0 heterocycles. The maximum atomic E-state index is 13.1. The number of carbonyl (C=O) groups excluding carboxylic acids is 2. The van der Waals surface area contributed by atoms with E-state index in [0.717, 1.165) is 11.1 Å². The van der Waals surface area contributed by atoms with Crippen LogP contribution in [0.4, 0.5) is 0 Å². The van der Waals surface area contributed by atoms with Gasteiger partial charge in [-0.3, -0.25) is 9.59 Å². The molecule has 2 rings (SSSR count). The number of carboxylic acids is 2. The standard InChI is InChI=1S/C28H36N2O6S2/c1-15(2)11-21(27(33)34)29-25(31)19-13-17(5)7-9-23(19)37-38-24-10-8-18(6)14-20(24)26(32)30-22(28(35)36)12-16(3)4/h7-10,13-16,21-22H,11-12H2,1-6H3,(H,29,31)(H,30,32)(H,33,34)(H,35,36)/t21-,22-/m0/s1. The highest BCUT2D eigenvalue weighted by Crippen LogP contribution is 2.41. The summed E-state index contributed by atoms with van der Waals surface area (Å²) >= 11 is 0. The van der Waals surface area contributed by atoms with Crippen molar-refractivity contribution in [3.63, 3.8) is 0 Å². The molecule has 0 unspecified atom stereocenters. The van der Waals surface area contributed by atoms with Gasteiger partial charge >= 0.3 is 11.9 Å². The number of amides is 2. The van der Waals surface area contributed by atoms with Gasteiger partial charge in [-0.2, -0.15) is 0 Å². The van der Waals surface area contributed by atoms with Crippen molar-refractivity contribution < 1.29 is 29.4 Å². The molecular formula is C28H36N2O6S2. The van der Waals surface area contributed by atoms with Crippen molar-refractivity contribution in [1.29, 1.82) is 0 Å². The molecular weight excluding hydrogens is 524 g/mol. The highest BCUT2D eigenvalue weighted by molar-refractivity contribution is 8.76. The summed E-state index contributed by atoms with van der Waals surface area (Å²) in [5.74, 6) is -2.96. The molecule has 0 bridgehead atoms. The summed E-state index contributed by atoms with van der Waals surface area (Å²) in [5.41, 5.74) is 2.39. The number of rotatable bonds is 13. The van der Waals surface area contributed by atoms with E-state index < -0.39 is 35.8 Å². The highest BCUT2D eigenvalue weighted by atomic mass is 33.1. The molecule has 0 saturated heterocycles. The molecule has 0 aliphatic heterocycles. The molecule has 4 N–H and O–H groups in total. The van der Waals surface area contributed by atoms with Gasteiger partial charge in [-0.1, -0.05) is 72.5 Å². The lowest BCUT2D eigenvalue weighted by atomic mass is 10.0. The van der Waals surface area contributed by atoms with Crippen LogP contribution in [0.1, 0.15) is 72.4 Å². The molecule has 0 aromatic heterocycles. The fraction of sp³-hybridized carbons (Fsp3) is 0.429. The Kier molecular flexibility index (Phi) is 11.7. The summed E-state index contributed by atoms with van der Waals surface area (Å²) in [7, 11) is 2.54. The molecule has 38 heavy (non-hydrogen) atoms.